The summed E-state index contributed by atoms with van der Waals surface area (Å²) in [7, 11) is 0. The molecule has 0 radical (unpaired) electrons. The number of rotatable bonds is 5. The molecule has 0 aliphatic carbocycles. The van der Waals surface area contributed by atoms with Crippen LogP contribution in [0.5, 0.6) is 0 Å². The zero-order chi connectivity index (χ0) is 12.0. The van der Waals surface area contributed by atoms with Gasteiger partial charge < -0.3 is 5.32 Å². The molecule has 84 valence electrons. The number of para-hydroxylation sites is 1. The molecular formula is C9H9N3O4. The Morgan fingerprint density at radius 3 is 2.25 bits per heavy atom. The van der Waals surface area contributed by atoms with E-state index in [-0.39, 0.29) is 6.54 Å². The van der Waals surface area contributed by atoms with Crippen LogP contribution in [0.3, 0.4) is 0 Å². The Balaban J connectivity index is 2.59. The molecule has 0 fully saturated rings. The SMILES string of the molecule is O=[N+]([O-])C(=CCNc1ccccc1)[N+](=O)[O-]. The van der Waals surface area contributed by atoms with Gasteiger partial charge >= 0.3 is 5.82 Å². The van der Waals surface area contributed by atoms with E-state index in [0.717, 1.165) is 11.8 Å². The maximum atomic E-state index is 10.3. The van der Waals surface area contributed by atoms with Crippen LogP contribution in [0.4, 0.5) is 5.69 Å². The fraction of sp³-hybridized carbons (Fsp3) is 0.111. The van der Waals surface area contributed by atoms with Crippen molar-refractivity contribution in [1.82, 2.24) is 0 Å². The van der Waals surface area contributed by atoms with Crippen LogP contribution in [-0.4, -0.2) is 16.4 Å². The van der Waals surface area contributed by atoms with Gasteiger partial charge in [0.25, 0.3) is 0 Å². The van der Waals surface area contributed by atoms with Crippen LogP contribution < -0.4 is 5.32 Å². The van der Waals surface area contributed by atoms with Gasteiger partial charge in [0, 0.05) is 12.2 Å². The number of benzene rings is 1. The van der Waals surface area contributed by atoms with Gasteiger partial charge in [0.1, 0.15) is 9.85 Å². The number of anilines is 1. The standard InChI is InChI=1S/C9H9N3O4/c13-11(14)9(12(15)16)6-7-10-8-4-2-1-3-5-8/h1-6,10H,7H2. The molecule has 1 N–H and O–H groups in total. The van der Waals surface area contributed by atoms with E-state index in [1.165, 1.54) is 0 Å². The zero-order valence-corrected chi connectivity index (χ0v) is 8.20. The Morgan fingerprint density at radius 2 is 1.75 bits per heavy atom. The minimum Gasteiger partial charge on any atom is -0.381 e. The molecule has 0 aromatic heterocycles. The van der Waals surface area contributed by atoms with Gasteiger partial charge in [-0.2, -0.15) is 0 Å². The average Bonchev–Trinajstić information content (AvgIpc) is 2.24. The molecule has 0 spiro atoms. The molecule has 0 amide bonds. The lowest BCUT2D eigenvalue weighted by molar-refractivity contribution is -0.616. The summed E-state index contributed by atoms with van der Waals surface area (Å²) in [5, 5.41) is 23.3. The summed E-state index contributed by atoms with van der Waals surface area (Å²) in [6.45, 7) is 0.0291. The van der Waals surface area contributed by atoms with E-state index < -0.39 is 15.7 Å². The predicted molar refractivity (Wildman–Crippen MR) is 57.0 cm³/mol. The third-order valence-electron chi connectivity index (χ3n) is 1.74. The Labute approximate surface area is 90.7 Å². The van der Waals surface area contributed by atoms with Gasteiger partial charge in [-0.05, 0) is 12.1 Å². The van der Waals surface area contributed by atoms with E-state index in [1.807, 2.05) is 6.07 Å². The van der Waals surface area contributed by atoms with Crippen molar-refractivity contribution < 1.29 is 9.85 Å². The van der Waals surface area contributed by atoms with Gasteiger partial charge in [-0.15, -0.1) is 0 Å². The summed E-state index contributed by atoms with van der Waals surface area (Å²) >= 11 is 0. The first-order valence-corrected chi connectivity index (χ1v) is 4.39. The van der Waals surface area contributed by atoms with E-state index in [9.17, 15) is 20.2 Å². The number of hydrogen-bond acceptors (Lipinski definition) is 5. The van der Waals surface area contributed by atoms with Gasteiger partial charge in [-0.1, -0.05) is 18.2 Å². The van der Waals surface area contributed by atoms with Crippen LogP contribution in [0.1, 0.15) is 0 Å². The van der Waals surface area contributed by atoms with Crippen LogP contribution in [0.15, 0.2) is 42.2 Å². The van der Waals surface area contributed by atoms with Crippen molar-refractivity contribution in [3.63, 3.8) is 0 Å². The van der Waals surface area contributed by atoms with Crippen molar-refractivity contribution >= 4 is 5.69 Å². The molecule has 1 aromatic carbocycles. The quantitative estimate of drug-likeness (QED) is 0.602. The summed E-state index contributed by atoms with van der Waals surface area (Å²) in [5.74, 6) is -1.02. The molecule has 0 heterocycles. The Hall–Kier alpha value is -2.44. The molecule has 1 rings (SSSR count). The maximum Gasteiger partial charge on any atom is 0.556 e. The highest BCUT2D eigenvalue weighted by atomic mass is 16.7. The molecule has 0 aliphatic heterocycles. The molecule has 16 heavy (non-hydrogen) atoms. The Bertz CT molecular complexity index is 400. The molecule has 0 aliphatic rings. The van der Waals surface area contributed by atoms with E-state index in [1.54, 1.807) is 24.3 Å². The molecule has 0 bridgehead atoms. The monoisotopic (exact) mass is 223 g/mol. The highest BCUT2D eigenvalue weighted by molar-refractivity contribution is 5.42. The lowest BCUT2D eigenvalue weighted by Crippen LogP contribution is -2.11. The first kappa shape index (κ1) is 11.6. The molecule has 0 saturated carbocycles. The summed E-state index contributed by atoms with van der Waals surface area (Å²) in [6.07, 6.45) is 0.924. The van der Waals surface area contributed by atoms with E-state index in [0.29, 0.717) is 0 Å². The summed E-state index contributed by atoms with van der Waals surface area (Å²) in [4.78, 5) is 18.5. The van der Waals surface area contributed by atoms with Crippen LogP contribution in [0.25, 0.3) is 0 Å². The average molecular weight is 223 g/mol. The highest BCUT2D eigenvalue weighted by Gasteiger charge is 2.23. The number of nitrogens with zero attached hydrogens (tertiary/aromatic N) is 2. The number of nitro groups is 2. The van der Waals surface area contributed by atoms with Crippen LogP contribution in [0.2, 0.25) is 0 Å². The minimum absolute atomic E-state index is 0.0291. The Kier molecular flexibility index (Phi) is 3.96. The molecule has 0 atom stereocenters. The van der Waals surface area contributed by atoms with Gasteiger partial charge in [-0.3, -0.25) is 20.2 Å². The van der Waals surface area contributed by atoms with Gasteiger partial charge in [-0.25, -0.2) is 0 Å². The molecule has 1 aromatic rings. The van der Waals surface area contributed by atoms with Crippen molar-refractivity contribution in [2.45, 2.75) is 0 Å². The van der Waals surface area contributed by atoms with Gasteiger partial charge in [0.05, 0.1) is 6.08 Å². The molecule has 0 unspecified atom stereocenters. The van der Waals surface area contributed by atoms with Crippen LogP contribution >= 0.6 is 0 Å². The largest absolute Gasteiger partial charge is 0.556 e. The van der Waals surface area contributed by atoms with Crippen LogP contribution in [-0.2, 0) is 0 Å². The first-order chi connectivity index (χ1) is 7.61. The van der Waals surface area contributed by atoms with E-state index >= 15 is 0 Å². The third kappa shape index (κ3) is 3.37. The number of hydrogen-bond donors (Lipinski definition) is 1. The van der Waals surface area contributed by atoms with Gasteiger partial charge in [0.2, 0.25) is 0 Å². The van der Waals surface area contributed by atoms with E-state index in [4.69, 9.17) is 0 Å². The lowest BCUT2D eigenvalue weighted by Gasteiger charge is -2.00. The fourth-order valence-electron chi connectivity index (χ4n) is 1.03. The molecule has 7 nitrogen and oxygen atoms in total. The van der Waals surface area contributed by atoms with E-state index in [2.05, 4.69) is 5.32 Å². The second-order valence-corrected chi connectivity index (χ2v) is 2.82. The summed E-state index contributed by atoms with van der Waals surface area (Å²) < 4.78 is 0. The highest BCUT2D eigenvalue weighted by Crippen LogP contribution is 2.04. The van der Waals surface area contributed by atoms with Crippen molar-refractivity contribution in [2.75, 3.05) is 11.9 Å². The fourth-order valence-corrected chi connectivity index (χ4v) is 1.03. The maximum absolute atomic E-state index is 10.3. The summed E-state index contributed by atoms with van der Waals surface area (Å²) in [5.41, 5.74) is 0.741. The third-order valence-corrected chi connectivity index (χ3v) is 1.74. The molecule has 0 saturated heterocycles. The smallest absolute Gasteiger partial charge is 0.381 e. The molecule has 7 heteroatoms. The normalized spacial score (nSPS) is 9.25. The summed E-state index contributed by atoms with van der Waals surface area (Å²) in [6, 6.07) is 8.90. The van der Waals surface area contributed by atoms with Gasteiger partial charge in [0.15, 0.2) is 0 Å². The zero-order valence-electron chi connectivity index (χ0n) is 8.20. The molecular weight excluding hydrogens is 214 g/mol. The van der Waals surface area contributed by atoms with Crippen molar-refractivity contribution in [3.8, 4) is 0 Å². The second-order valence-electron chi connectivity index (χ2n) is 2.82. The van der Waals surface area contributed by atoms with Crippen molar-refractivity contribution in [2.24, 2.45) is 0 Å². The lowest BCUT2D eigenvalue weighted by atomic mass is 10.3. The van der Waals surface area contributed by atoms with Crippen molar-refractivity contribution in [3.05, 3.63) is 62.5 Å². The second kappa shape index (κ2) is 5.44. The Morgan fingerprint density at radius 1 is 1.19 bits per heavy atom. The van der Waals surface area contributed by atoms with Crippen molar-refractivity contribution in [1.29, 1.82) is 0 Å². The topological polar surface area (TPSA) is 98.3 Å². The first-order valence-electron chi connectivity index (χ1n) is 4.39. The minimum atomic E-state index is -1.02. The van der Waals surface area contributed by atoms with Crippen LogP contribution in [0, 0.1) is 20.2 Å². The predicted octanol–water partition coefficient (Wildman–Crippen LogP) is 1.49. The number of nitrogens with one attached hydrogen (secondary N) is 1.